The maximum atomic E-state index is 4.56. The lowest BCUT2D eigenvalue weighted by Gasteiger charge is -2.06. The number of benzene rings is 2. The molecule has 0 aliphatic heterocycles. The van der Waals surface area contributed by atoms with Gasteiger partial charge in [0.2, 0.25) is 0 Å². The maximum absolute atomic E-state index is 4.56. The molecule has 0 amide bonds. The van der Waals surface area contributed by atoms with Crippen molar-refractivity contribution in [1.82, 2.24) is 9.97 Å². The first-order chi connectivity index (χ1) is 9.92. The minimum Gasteiger partial charge on any atom is -0.264 e. The molecule has 0 N–H and O–H groups in total. The fraction of sp³-hybridized carbons (Fsp3) is 0. The van der Waals surface area contributed by atoms with E-state index in [-0.39, 0.29) is 0 Å². The molecule has 4 aromatic rings. The first-order valence-corrected chi connectivity index (χ1v) is 6.60. The Labute approximate surface area is 116 Å². The highest BCUT2D eigenvalue weighted by Crippen LogP contribution is 2.28. The van der Waals surface area contributed by atoms with Gasteiger partial charge in [-0.3, -0.25) is 9.97 Å². The predicted molar refractivity (Wildman–Crippen MR) is 82.5 cm³/mol. The highest BCUT2D eigenvalue weighted by molar-refractivity contribution is 5.96. The van der Waals surface area contributed by atoms with E-state index in [4.69, 9.17) is 0 Å². The summed E-state index contributed by atoms with van der Waals surface area (Å²) >= 11 is 0. The molecule has 2 aromatic carbocycles. The van der Waals surface area contributed by atoms with Gasteiger partial charge in [-0.05, 0) is 29.0 Å². The molecule has 0 fully saturated rings. The first-order valence-electron chi connectivity index (χ1n) is 6.60. The van der Waals surface area contributed by atoms with Crippen molar-refractivity contribution in [3.8, 4) is 11.3 Å². The molecule has 0 atom stereocenters. The van der Waals surface area contributed by atoms with Gasteiger partial charge in [0.1, 0.15) is 0 Å². The summed E-state index contributed by atoms with van der Waals surface area (Å²) < 4.78 is 0. The molecule has 0 saturated carbocycles. The summed E-state index contributed by atoms with van der Waals surface area (Å²) in [5.41, 5.74) is 2.15. The fourth-order valence-corrected chi connectivity index (χ4v) is 2.58. The van der Waals surface area contributed by atoms with Crippen molar-refractivity contribution in [1.29, 1.82) is 0 Å². The van der Waals surface area contributed by atoms with Crippen molar-refractivity contribution in [3.63, 3.8) is 0 Å². The van der Waals surface area contributed by atoms with Crippen LogP contribution in [0.1, 0.15) is 0 Å². The lowest BCUT2D eigenvalue weighted by atomic mass is 10.0. The van der Waals surface area contributed by atoms with Gasteiger partial charge in [0.15, 0.2) is 0 Å². The Morgan fingerprint density at radius 1 is 0.700 bits per heavy atom. The monoisotopic (exact) mass is 256 g/mol. The molecule has 2 heterocycles. The summed E-state index contributed by atoms with van der Waals surface area (Å²) in [6.07, 6.45) is 5.58. The third kappa shape index (κ3) is 1.74. The summed E-state index contributed by atoms with van der Waals surface area (Å²) in [5.74, 6) is 0. The minimum absolute atomic E-state index is 1.02. The highest BCUT2D eigenvalue weighted by Gasteiger charge is 2.05. The SMILES string of the molecule is c1ccc2c(-c3ccc4ccncc4c3)nccc2c1. The number of hydrogen-bond donors (Lipinski definition) is 0. The Bertz CT molecular complexity index is 908. The molecule has 0 radical (unpaired) electrons. The van der Waals surface area contributed by atoms with Crippen molar-refractivity contribution >= 4 is 21.5 Å². The molecule has 0 saturated heterocycles. The van der Waals surface area contributed by atoms with Crippen LogP contribution in [0.15, 0.2) is 73.2 Å². The number of rotatable bonds is 1. The van der Waals surface area contributed by atoms with Crippen LogP contribution in [0.5, 0.6) is 0 Å². The molecule has 20 heavy (non-hydrogen) atoms. The van der Waals surface area contributed by atoms with Gasteiger partial charge in [-0.25, -0.2) is 0 Å². The van der Waals surface area contributed by atoms with Gasteiger partial charge in [-0.15, -0.1) is 0 Å². The van der Waals surface area contributed by atoms with Gasteiger partial charge >= 0.3 is 0 Å². The van der Waals surface area contributed by atoms with Crippen LogP contribution in [0, 0.1) is 0 Å². The third-order valence-electron chi connectivity index (χ3n) is 3.59. The van der Waals surface area contributed by atoms with Gasteiger partial charge in [0.25, 0.3) is 0 Å². The summed E-state index contributed by atoms with van der Waals surface area (Å²) in [5, 5.41) is 4.73. The molecule has 0 aliphatic carbocycles. The number of aromatic nitrogens is 2. The van der Waals surface area contributed by atoms with Crippen LogP contribution in [0.2, 0.25) is 0 Å². The Balaban J connectivity index is 2.01. The van der Waals surface area contributed by atoms with Crippen molar-refractivity contribution in [2.45, 2.75) is 0 Å². The predicted octanol–water partition coefficient (Wildman–Crippen LogP) is 4.45. The Morgan fingerprint density at radius 2 is 1.60 bits per heavy atom. The smallest absolute Gasteiger partial charge is 0.0780 e. The molecule has 2 aromatic heterocycles. The van der Waals surface area contributed by atoms with E-state index in [2.05, 4.69) is 52.4 Å². The van der Waals surface area contributed by atoms with Crippen molar-refractivity contribution in [2.24, 2.45) is 0 Å². The van der Waals surface area contributed by atoms with Crippen LogP contribution in [0.3, 0.4) is 0 Å². The second-order valence-corrected chi connectivity index (χ2v) is 4.82. The minimum atomic E-state index is 1.02. The van der Waals surface area contributed by atoms with Crippen LogP contribution in [0.25, 0.3) is 32.8 Å². The van der Waals surface area contributed by atoms with Crippen LogP contribution in [-0.2, 0) is 0 Å². The summed E-state index contributed by atoms with van der Waals surface area (Å²) in [7, 11) is 0. The van der Waals surface area contributed by atoms with E-state index in [0.717, 1.165) is 16.6 Å². The van der Waals surface area contributed by atoms with E-state index in [0.29, 0.717) is 0 Å². The second kappa shape index (κ2) is 4.42. The third-order valence-corrected chi connectivity index (χ3v) is 3.59. The van der Waals surface area contributed by atoms with Crippen LogP contribution in [0.4, 0.5) is 0 Å². The molecule has 2 nitrogen and oxygen atoms in total. The Hall–Kier alpha value is -2.74. The topological polar surface area (TPSA) is 25.8 Å². The zero-order valence-corrected chi connectivity index (χ0v) is 10.8. The number of pyridine rings is 2. The number of hydrogen-bond acceptors (Lipinski definition) is 2. The van der Waals surface area contributed by atoms with Crippen molar-refractivity contribution < 1.29 is 0 Å². The first kappa shape index (κ1) is 11.1. The quantitative estimate of drug-likeness (QED) is 0.503. The van der Waals surface area contributed by atoms with Gasteiger partial charge in [0, 0.05) is 34.9 Å². The maximum Gasteiger partial charge on any atom is 0.0780 e. The van der Waals surface area contributed by atoms with Crippen LogP contribution >= 0.6 is 0 Å². The molecular weight excluding hydrogens is 244 g/mol. The van der Waals surface area contributed by atoms with Crippen molar-refractivity contribution in [3.05, 3.63) is 73.2 Å². The van der Waals surface area contributed by atoms with Crippen LogP contribution < -0.4 is 0 Å². The van der Waals surface area contributed by atoms with Gasteiger partial charge in [-0.1, -0.05) is 36.4 Å². The van der Waals surface area contributed by atoms with E-state index in [9.17, 15) is 0 Å². The molecule has 94 valence electrons. The average Bonchev–Trinajstić information content (AvgIpc) is 2.54. The zero-order valence-electron chi connectivity index (χ0n) is 10.8. The molecule has 0 spiro atoms. The normalized spacial score (nSPS) is 11.0. The van der Waals surface area contributed by atoms with E-state index < -0.39 is 0 Å². The molecule has 0 bridgehead atoms. The fourth-order valence-electron chi connectivity index (χ4n) is 2.58. The zero-order chi connectivity index (χ0) is 13.4. The molecular formula is C18H12N2. The summed E-state index contributed by atoms with van der Waals surface area (Å²) in [4.78, 5) is 8.75. The lowest BCUT2D eigenvalue weighted by Crippen LogP contribution is -1.86. The van der Waals surface area contributed by atoms with E-state index >= 15 is 0 Å². The van der Waals surface area contributed by atoms with Gasteiger partial charge < -0.3 is 0 Å². The van der Waals surface area contributed by atoms with E-state index in [1.807, 2.05) is 30.7 Å². The second-order valence-electron chi connectivity index (χ2n) is 4.82. The molecule has 2 heteroatoms. The van der Waals surface area contributed by atoms with Gasteiger partial charge in [-0.2, -0.15) is 0 Å². The molecule has 0 aliphatic rings. The van der Waals surface area contributed by atoms with Crippen molar-refractivity contribution in [2.75, 3.05) is 0 Å². The molecule has 0 unspecified atom stereocenters. The van der Waals surface area contributed by atoms with Gasteiger partial charge in [0.05, 0.1) is 5.69 Å². The van der Waals surface area contributed by atoms with E-state index in [1.165, 1.54) is 16.2 Å². The number of nitrogens with zero attached hydrogens (tertiary/aromatic N) is 2. The standard InChI is InChI=1S/C18H12N2/c1-2-4-17-14(3-1)8-10-20-18(17)15-6-5-13-7-9-19-12-16(13)11-15/h1-12H. The van der Waals surface area contributed by atoms with E-state index in [1.54, 1.807) is 0 Å². The average molecular weight is 256 g/mol. The molecule has 4 rings (SSSR count). The summed E-state index contributed by atoms with van der Waals surface area (Å²) in [6, 6.07) is 18.8. The number of fused-ring (bicyclic) bond motifs is 2. The Kier molecular flexibility index (Phi) is 2.46. The largest absolute Gasteiger partial charge is 0.264 e. The van der Waals surface area contributed by atoms with Crippen LogP contribution in [-0.4, -0.2) is 9.97 Å². The summed E-state index contributed by atoms with van der Waals surface area (Å²) in [6.45, 7) is 0. The highest BCUT2D eigenvalue weighted by atomic mass is 14.7. The Morgan fingerprint density at radius 3 is 2.60 bits per heavy atom. The lowest BCUT2D eigenvalue weighted by molar-refractivity contribution is 1.35.